The third kappa shape index (κ3) is 5.05. The molecule has 23 heavy (non-hydrogen) atoms. The average Bonchev–Trinajstić information content (AvgIpc) is 3.02. The highest BCUT2D eigenvalue weighted by Gasteiger charge is 2.08. The molecule has 3 N–H and O–H groups in total. The van der Waals surface area contributed by atoms with Crippen molar-refractivity contribution in [1.82, 2.24) is 10.9 Å². The standard InChI is InChI=1S/C15H13Cl2N3O3/c1-9(19-20-15(22)13-3-2-6-23-13)7-14(21)18-12-5-4-10(16)8-11(12)17/h2-8,19H,1H3,(H,18,21)(H,20,22)/b9-7+. The molecule has 0 spiro atoms. The normalized spacial score (nSPS) is 11.0. The number of rotatable bonds is 5. The number of amides is 2. The van der Waals surface area contributed by atoms with E-state index < -0.39 is 11.8 Å². The van der Waals surface area contributed by atoms with Gasteiger partial charge in [0.25, 0.3) is 0 Å². The summed E-state index contributed by atoms with van der Waals surface area (Å²) in [6.45, 7) is 1.62. The number of carbonyl (C=O) groups excluding carboxylic acids is 2. The first-order chi connectivity index (χ1) is 11.0. The predicted octanol–water partition coefficient (Wildman–Crippen LogP) is 3.36. The summed E-state index contributed by atoms with van der Waals surface area (Å²) < 4.78 is 4.93. The van der Waals surface area contributed by atoms with Crippen LogP contribution >= 0.6 is 23.2 Å². The fourth-order valence-corrected chi connectivity index (χ4v) is 2.07. The van der Waals surface area contributed by atoms with E-state index in [9.17, 15) is 9.59 Å². The van der Waals surface area contributed by atoms with Crippen molar-refractivity contribution in [2.24, 2.45) is 0 Å². The van der Waals surface area contributed by atoms with Gasteiger partial charge in [-0.1, -0.05) is 23.2 Å². The smallest absolute Gasteiger partial charge is 0.305 e. The topological polar surface area (TPSA) is 83.4 Å². The molecule has 2 aromatic rings. The summed E-state index contributed by atoms with van der Waals surface area (Å²) in [5.74, 6) is -0.710. The average molecular weight is 354 g/mol. The van der Waals surface area contributed by atoms with Gasteiger partial charge < -0.3 is 15.2 Å². The van der Waals surface area contributed by atoms with Crippen LogP contribution in [0.3, 0.4) is 0 Å². The van der Waals surface area contributed by atoms with E-state index in [4.69, 9.17) is 27.6 Å². The van der Waals surface area contributed by atoms with Crippen molar-refractivity contribution in [2.75, 3.05) is 5.32 Å². The van der Waals surface area contributed by atoms with Gasteiger partial charge >= 0.3 is 5.91 Å². The molecule has 0 unspecified atom stereocenters. The summed E-state index contributed by atoms with van der Waals surface area (Å²) in [6, 6.07) is 7.85. The van der Waals surface area contributed by atoms with E-state index in [1.807, 2.05) is 0 Å². The second-order valence-corrected chi connectivity index (χ2v) is 5.34. The molecule has 1 aromatic heterocycles. The lowest BCUT2D eigenvalue weighted by molar-refractivity contribution is -0.112. The molecule has 1 aromatic carbocycles. The zero-order chi connectivity index (χ0) is 16.8. The second-order valence-electron chi connectivity index (χ2n) is 4.50. The first-order valence-electron chi connectivity index (χ1n) is 6.50. The Morgan fingerprint density at radius 2 is 1.96 bits per heavy atom. The van der Waals surface area contributed by atoms with E-state index >= 15 is 0 Å². The van der Waals surface area contributed by atoms with Crippen molar-refractivity contribution >= 4 is 40.7 Å². The van der Waals surface area contributed by atoms with Crippen LogP contribution in [0.4, 0.5) is 5.69 Å². The lowest BCUT2D eigenvalue weighted by atomic mass is 10.3. The second kappa shape index (κ2) is 7.71. The van der Waals surface area contributed by atoms with Crippen molar-refractivity contribution in [2.45, 2.75) is 6.92 Å². The number of hydrogen-bond acceptors (Lipinski definition) is 4. The van der Waals surface area contributed by atoms with Gasteiger partial charge in [0.05, 0.1) is 17.0 Å². The Kier molecular flexibility index (Phi) is 5.67. The number of nitrogens with one attached hydrogen (secondary N) is 3. The quantitative estimate of drug-likeness (QED) is 0.568. The Morgan fingerprint density at radius 3 is 2.61 bits per heavy atom. The molecule has 120 valence electrons. The number of allylic oxidation sites excluding steroid dienone is 1. The van der Waals surface area contributed by atoms with Gasteiger partial charge in [-0.2, -0.15) is 0 Å². The summed E-state index contributed by atoms with van der Waals surface area (Å²) in [7, 11) is 0. The van der Waals surface area contributed by atoms with Gasteiger partial charge in [0.15, 0.2) is 5.76 Å². The molecule has 0 aliphatic rings. The van der Waals surface area contributed by atoms with Crippen molar-refractivity contribution in [1.29, 1.82) is 0 Å². The summed E-state index contributed by atoms with van der Waals surface area (Å²) in [5, 5.41) is 3.41. The number of halogens is 2. The van der Waals surface area contributed by atoms with Gasteiger partial charge in [-0.3, -0.25) is 15.0 Å². The maximum atomic E-state index is 11.9. The third-order valence-electron chi connectivity index (χ3n) is 2.65. The number of benzene rings is 1. The van der Waals surface area contributed by atoms with Gasteiger partial charge in [0.2, 0.25) is 5.91 Å². The maximum Gasteiger partial charge on any atom is 0.305 e. The van der Waals surface area contributed by atoms with Crippen LogP contribution in [0.2, 0.25) is 10.0 Å². The van der Waals surface area contributed by atoms with Crippen LogP contribution in [-0.4, -0.2) is 11.8 Å². The largest absolute Gasteiger partial charge is 0.459 e. The lowest BCUT2D eigenvalue weighted by Crippen LogP contribution is -2.36. The lowest BCUT2D eigenvalue weighted by Gasteiger charge is -2.08. The molecule has 0 saturated heterocycles. The minimum absolute atomic E-state index is 0.155. The molecular weight excluding hydrogens is 341 g/mol. The van der Waals surface area contributed by atoms with E-state index in [1.165, 1.54) is 24.5 Å². The van der Waals surface area contributed by atoms with Gasteiger partial charge in [-0.15, -0.1) is 0 Å². The highest BCUT2D eigenvalue weighted by atomic mass is 35.5. The van der Waals surface area contributed by atoms with Crippen LogP contribution < -0.4 is 16.2 Å². The summed E-state index contributed by atoms with van der Waals surface area (Å²) in [4.78, 5) is 23.5. The Morgan fingerprint density at radius 1 is 1.17 bits per heavy atom. The van der Waals surface area contributed by atoms with Gasteiger partial charge in [-0.25, -0.2) is 0 Å². The third-order valence-corrected chi connectivity index (χ3v) is 3.20. The first-order valence-corrected chi connectivity index (χ1v) is 7.25. The minimum atomic E-state index is -0.455. The Hall–Kier alpha value is -2.44. The molecule has 0 aliphatic heterocycles. The highest BCUT2D eigenvalue weighted by Crippen LogP contribution is 2.25. The van der Waals surface area contributed by atoms with Crippen molar-refractivity contribution < 1.29 is 14.0 Å². The van der Waals surface area contributed by atoms with Crippen LogP contribution in [0.15, 0.2) is 52.8 Å². The number of hydrogen-bond donors (Lipinski definition) is 3. The molecule has 0 radical (unpaired) electrons. The summed E-state index contributed by atoms with van der Waals surface area (Å²) in [5.41, 5.74) is 5.85. The van der Waals surface area contributed by atoms with Gasteiger partial charge in [-0.05, 0) is 37.3 Å². The van der Waals surface area contributed by atoms with Crippen molar-refractivity contribution in [3.05, 3.63) is 64.2 Å². The van der Waals surface area contributed by atoms with E-state index in [0.29, 0.717) is 21.4 Å². The number of anilines is 1. The van der Waals surface area contributed by atoms with Gasteiger partial charge in [0, 0.05) is 16.8 Å². The van der Waals surface area contributed by atoms with E-state index in [0.717, 1.165) is 0 Å². The predicted molar refractivity (Wildman–Crippen MR) is 88.2 cm³/mol. The molecule has 0 atom stereocenters. The maximum absolute atomic E-state index is 11.9. The molecule has 0 aliphatic carbocycles. The molecule has 0 fully saturated rings. The molecular formula is C15H13Cl2N3O3. The SMILES string of the molecule is C/C(=C\C(=O)Nc1ccc(Cl)cc1Cl)NNC(=O)c1ccco1. The van der Waals surface area contributed by atoms with Crippen molar-refractivity contribution in [3.63, 3.8) is 0 Å². The Balaban J connectivity index is 1.89. The minimum Gasteiger partial charge on any atom is -0.459 e. The molecule has 0 saturated carbocycles. The monoisotopic (exact) mass is 353 g/mol. The highest BCUT2D eigenvalue weighted by molar-refractivity contribution is 6.36. The molecule has 2 rings (SSSR count). The molecule has 6 nitrogen and oxygen atoms in total. The van der Waals surface area contributed by atoms with Crippen LogP contribution in [0, 0.1) is 0 Å². The Bertz CT molecular complexity index is 742. The fraction of sp³-hybridized carbons (Fsp3) is 0.0667. The zero-order valence-corrected chi connectivity index (χ0v) is 13.5. The summed E-state index contributed by atoms with van der Waals surface area (Å²) >= 11 is 11.8. The summed E-state index contributed by atoms with van der Waals surface area (Å²) in [6.07, 6.45) is 2.66. The van der Waals surface area contributed by atoms with Crippen LogP contribution in [0.25, 0.3) is 0 Å². The number of carbonyl (C=O) groups is 2. The van der Waals surface area contributed by atoms with E-state index in [-0.39, 0.29) is 5.76 Å². The van der Waals surface area contributed by atoms with Crippen molar-refractivity contribution in [3.8, 4) is 0 Å². The van der Waals surface area contributed by atoms with Crippen LogP contribution in [-0.2, 0) is 4.79 Å². The number of furan rings is 1. The molecule has 8 heteroatoms. The van der Waals surface area contributed by atoms with E-state index in [1.54, 1.807) is 25.1 Å². The van der Waals surface area contributed by atoms with Gasteiger partial charge in [0.1, 0.15) is 0 Å². The molecule has 1 heterocycles. The zero-order valence-electron chi connectivity index (χ0n) is 12.0. The first kappa shape index (κ1) is 16.9. The molecule has 2 amide bonds. The fourth-order valence-electron chi connectivity index (χ4n) is 1.62. The molecule has 0 bridgehead atoms. The number of hydrazine groups is 1. The van der Waals surface area contributed by atoms with Crippen LogP contribution in [0.5, 0.6) is 0 Å². The van der Waals surface area contributed by atoms with E-state index in [2.05, 4.69) is 16.2 Å². The Labute approximate surface area is 142 Å². The van der Waals surface area contributed by atoms with Crippen LogP contribution in [0.1, 0.15) is 17.5 Å².